The van der Waals surface area contributed by atoms with E-state index in [4.69, 9.17) is 29.8 Å². The lowest BCUT2D eigenvalue weighted by molar-refractivity contribution is -0.176. The fourth-order valence-corrected chi connectivity index (χ4v) is 10.6. The van der Waals surface area contributed by atoms with Gasteiger partial charge in [0.05, 0.1) is 23.6 Å². The molecule has 19 heteroatoms. The van der Waals surface area contributed by atoms with E-state index in [1.807, 2.05) is 84.3 Å². The first-order chi connectivity index (χ1) is 38.2. The van der Waals surface area contributed by atoms with Crippen LogP contribution in [0.5, 0.6) is 0 Å². The van der Waals surface area contributed by atoms with E-state index in [2.05, 4.69) is 0 Å². The molecular weight excluding hydrogens is 1030 g/mol. The van der Waals surface area contributed by atoms with Crippen LogP contribution in [0, 0.1) is 23.7 Å². The zero-order valence-electron chi connectivity index (χ0n) is 50.2. The van der Waals surface area contributed by atoms with E-state index in [1.54, 1.807) is 30.3 Å². The van der Waals surface area contributed by atoms with E-state index in [1.165, 1.54) is 46.9 Å². The zero-order valence-corrected chi connectivity index (χ0v) is 50.2. The number of cyclic esters (lactones) is 4. The van der Waals surface area contributed by atoms with Gasteiger partial charge < -0.3 is 44.3 Å². The summed E-state index contributed by atoms with van der Waals surface area (Å²) in [7, 11) is 5.60. The molecule has 2 N–H and O–H groups in total. The quantitative estimate of drug-likeness (QED) is 0.110. The van der Waals surface area contributed by atoms with Crippen LogP contribution in [0.15, 0.2) is 54.6 Å². The van der Waals surface area contributed by atoms with Crippen molar-refractivity contribution < 1.29 is 57.3 Å². The van der Waals surface area contributed by atoms with Crippen LogP contribution in [0.4, 0.5) is 5.69 Å². The van der Waals surface area contributed by atoms with Gasteiger partial charge in [-0.2, -0.15) is 5.10 Å². The lowest BCUT2D eigenvalue weighted by Gasteiger charge is -2.35. The first-order valence-corrected chi connectivity index (χ1v) is 29.0. The number of ether oxygens (including phenoxy) is 4. The Morgan fingerprint density at radius 2 is 0.802 bits per heavy atom. The van der Waals surface area contributed by atoms with E-state index in [0.29, 0.717) is 29.5 Å². The first kappa shape index (κ1) is 63.4. The second kappa shape index (κ2) is 27.8. The topological polar surface area (TPSA) is 230 Å². The Kier molecular flexibility index (Phi) is 21.7. The average Bonchev–Trinajstić information content (AvgIpc) is 4.50. The van der Waals surface area contributed by atoms with Crippen molar-refractivity contribution in [3.05, 3.63) is 82.7 Å². The van der Waals surface area contributed by atoms with Crippen molar-refractivity contribution in [2.24, 2.45) is 23.7 Å². The number of anilines is 1. The molecule has 0 unspecified atom stereocenters. The number of aromatic nitrogens is 2. The summed E-state index contributed by atoms with van der Waals surface area (Å²) in [6.45, 7) is 18.1. The summed E-state index contributed by atoms with van der Waals surface area (Å²) in [5, 5.41) is 4.96. The molecule has 2 heterocycles. The lowest BCUT2D eigenvalue weighted by Crippen LogP contribution is -2.55. The van der Waals surface area contributed by atoms with Gasteiger partial charge in [0.15, 0.2) is 24.4 Å². The first-order valence-electron chi connectivity index (χ1n) is 29.0. The number of hydrogen-bond donors (Lipinski definition) is 1. The Balaban J connectivity index is 1.39. The highest BCUT2D eigenvalue weighted by atomic mass is 16.6. The minimum absolute atomic E-state index is 0.0891. The average molecular weight is 1120 g/mol. The van der Waals surface area contributed by atoms with Gasteiger partial charge in [0.2, 0.25) is 0 Å². The van der Waals surface area contributed by atoms with Crippen molar-refractivity contribution in [2.45, 2.75) is 200 Å². The summed E-state index contributed by atoms with van der Waals surface area (Å²) in [6, 6.07) is 11.3. The van der Waals surface area contributed by atoms with Crippen LogP contribution in [-0.4, -0.2) is 154 Å². The predicted molar refractivity (Wildman–Crippen MR) is 305 cm³/mol. The molecule has 1 saturated heterocycles. The predicted octanol–water partition coefficient (Wildman–Crippen LogP) is 7.25. The van der Waals surface area contributed by atoms with E-state index in [9.17, 15) is 33.6 Å². The summed E-state index contributed by atoms with van der Waals surface area (Å²) in [6.07, 6.45) is -1.53. The molecule has 0 radical (unpaired) electrons. The molecule has 19 nitrogen and oxygen atoms in total. The highest BCUT2D eigenvalue weighted by Crippen LogP contribution is 2.49. The third-order valence-electron chi connectivity index (χ3n) is 15.5. The Morgan fingerprint density at radius 3 is 1.16 bits per heavy atom. The standard InChI is InChI=1S/C62H89N7O12/c1-35(2)28-46-59(74)78-40(10)56(71)66(12)49(31-38(7)8)62(77)81-51(33-42-20-22-43(23-21-42)34-69-54(45-26-27-45)52(63)53(64-69)44-24-25-44)58(73)68(14)47(29-36(3)4)60(75)79-39(9)55(70)65(11)48(30-37(5)6)61(76)80-50(57(72)67(46)13)32-41-18-16-15-17-19-41/h15-23,35-40,44-51H,24-34,63H2,1-14H3/t39-,40-,46+,47+,48+,49+,50-,51-/m1/s1. The lowest BCUT2D eigenvalue weighted by atomic mass is 9.99. The summed E-state index contributed by atoms with van der Waals surface area (Å²) in [5.41, 5.74) is 11.7. The van der Waals surface area contributed by atoms with Gasteiger partial charge in [0.25, 0.3) is 23.6 Å². The van der Waals surface area contributed by atoms with Crippen LogP contribution in [0.3, 0.4) is 0 Å². The van der Waals surface area contributed by atoms with Crippen LogP contribution in [0.1, 0.15) is 161 Å². The van der Waals surface area contributed by atoms with Crippen molar-refractivity contribution in [3.8, 4) is 0 Å². The number of nitrogens with two attached hydrogens (primary N) is 1. The number of nitrogen functional groups attached to an aromatic ring is 1. The van der Waals surface area contributed by atoms with E-state index in [0.717, 1.165) is 63.0 Å². The van der Waals surface area contributed by atoms with Gasteiger partial charge in [0.1, 0.15) is 24.2 Å². The maximum Gasteiger partial charge on any atom is 0.329 e. The molecule has 2 aliphatic carbocycles. The normalized spacial score (nSPS) is 25.0. The SMILES string of the molecule is CC(C)C[C@H]1C(=O)O[C@H](Cc2ccc(Cn3nc(C4CC4)c(N)c3C3CC3)cc2)C(=O)N(C)[C@@H](CC(C)C)C(=O)O[C@H](C)C(=O)N(C)[C@@H](CC(C)C)C(=O)O[C@H](Cc2ccccc2)C(=O)N(C)[C@@H](CC(C)C)C(=O)O[C@H](C)C(=O)N1C. The monoisotopic (exact) mass is 1120 g/mol. The second-order valence-corrected chi connectivity index (χ2v) is 24.5. The van der Waals surface area contributed by atoms with E-state index >= 15 is 4.79 Å². The molecule has 3 aliphatic rings. The largest absolute Gasteiger partial charge is 0.451 e. The molecule has 444 valence electrons. The number of hydrogen-bond acceptors (Lipinski definition) is 14. The van der Waals surface area contributed by atoms with Crippen LogP contribution in [0.2, 0.25) is 0 Å². The minimum Gasteiger partial charge on any atom is -0.451 e. The van der Waals surface area contributed by atoms with Gasteiger partial charge in [-0.1, -0.05) is 110 Å². The summed E-state index contributed by atoms with van der Waals surface area (Å²) in [5.74, 6) is -6.52. The molecule has 6 rings (SSSR count). The Morgan fingerprint density at radius 1 is 0.469 bits per heavy atom. The maximum absolute atomic E-state index is 15.1. The third-order valence-corrected chi connectivity index (χ3v) is 15.5. The Labute approximate surface area is 478 Å². The van der Waals surface area contributed by atoms with Crippen molar-refractivity contribution in [2.75, 3.05) is 33.9 Å². The zero-order chi connectivity index (χ0) is 59.7. The molecule has 4 amide bonds. The van der Waals surface area contributed by atoms with Gasteiger partial charge in [-0.05, 0) is 106 Å². The highest BCUT2D eigenvalue weighted by molar-refractivity contribution is 5.94. The molecule has 81 heavy (non-hydrogen) atoms. The molecule has 1 aromatic heterocycles. The highest BCUT2D eigenvalue weighted by Gasteiger charge is 2.43. The van der Waals surface area contributed by atoms with E-state index in [-0.39, 0.29) is 62.2 Å². The van der Waals surface area contributed by atoms with Crippen LogP contribution in [0.25, 0.3) is 0 Å². The van der Waals surface area contributed by atoms with Gasteiger partial charge >= 0.3 is 23.9 Å². The minimum atomic E-state index is -1.54. The van der Waals surface area contributed by atoms with Gasteiger partial charge in [-0.3, -0.25) is 23.9 Å². The Hall–Kier alpha value is -6.79. The number of likely N-dealkylation sites (N-methyl/N-ethyl adjacent to an activating group) is 4. The van der Waals surface area contributed by atoms with Crippen LogP contribution in [-0.2, 0) is 76.7 Å². The van der Waals surface area contributed by atoms with Crippen LogP contribution >= 0.6 is 0 Å². The summed E-state index contributed by atoms with van der Waals surface area (Å²) in [4.78, 5) is 122. The molecule has 0 bridgehead atoms. The van der Waals surface area contributed by atoms with Gasteiger partial charge in [-0.15, -0.1) is 0 Å². The van der Waals surface area contributed by atoms with Crippen molar-refractivity contribution in [1.29, 1.82) is 0 Å². The fourth-order valence-electron chi connectivity index (χ4n) is 10.6. The maximum atomic E-state index is 15.1. The fraction of sp³-hybridized carbons (Fsp3) is 0.629. The van der Waals surface area contributed by atoms with Crippen molar-refractivity contribution >= 4 is 53.2 Å². The summed E-state index contributed by atoms with van der Waals surface area (Å²) < 4.78 is 26.2. The Bertz CT molecular complexity index is 2680. The smallest absolute Gasteiger partial charge is 0.329 e. The van der Waals surface area contributed by atoms with Crippen molar-refractivity contribution in [1.82, 2.24) is 29.4 Å². The second-order valence-electron chi connectivity index (χ2n) is 24.5. The summed E-state index contributed by atoms with van der Waals surface area (Å²) >= 11 is 0. The molecule has 3 fully saturated rings. The number of rotatable bonds is 16. The number of carbonyl (C=O) groups excluding carboxylic acids is 8. The van der Waals surface area contributed by atoms with Gasteiger partial charge in [-0.25, -0.2) is 19.2 Å². The van der Waals surface area contributed by atoms with Crippen molar-refractivity contribution in [3.63, 3.8) is 0 Å². The molecule has 2 aromatic carbocycles. The molecule has 8 atom stereocenters. The van der Waals surface area contributed by atoms with E-state index < -0.39 is 96.1 Å². The third kappa shape index (κ3) is 16.7. The van der Waals surface area contributed by atoms with Crippen LogP contribution < -0.4 is 5.73 Å². The number of benzene rings is 2. The number of nitrogens with zero attached hydrogens (tertiary/aromatic N) is 6. The number of esters is 4. The molecular formula is C62H89N7O12. The molecule has 2 saturated carbocycles. The molecule has 0 spiro atoms. The molecule has 3 aromatic rings. The molecule has 1 aliphatic heterocycles. The number of carbonyl (C=O) groups is 8. The van der Waals surface area contributed by atoms with Gasteiger partial charge in [0, 0.05) is 52.9 Å². The number of amides is 4.